The Morgan fingerprint density at radius 3 is 1.90 bits per heavy atom. The van der Waals surface area contributed by atoms with E-state index in [1.807, 2.05) is 0 Å². The topological polar surface area (TPSA) is 77.5 Å². The molecule has 2 saturated heterocycles. The molecule has 218 valence electrons. The first-order chi connectivity index (χ1) is 19.4. The maximum absolute atomic E-state index is 13.4. The summed E-state index contributed by atoms with van der Waals surface area (Å²) in [6, 6.07) is 10.3. The van der Waals surface area contributed by atoms with Crippen molar-refractivity contribution in [1.29, 1.82) is 0 Å². The SMILES string of the molecule is CCCN1CCCC(C(=O)c2cc(OC)cc(OOc3ccc(C(=O)C4CCCN(CCC)C4)cc3OC)c2)C1. The average Bonchev–Trinajstić information content (AvgIpc) is 2.99. The highest BCUT2D eigenvalue weighted by molar-refractivity contribution is 5.99. The Hall–Kier alpha value is -3.10. The number of ketones is 2. The lowest BCUT2D eigenvalue weighted by atomic mass is 9.89. The Morgan fingerprint density at radius 1 is 0.725 bits per heavy atom. The van der Waals surface area contributed by atoms with Gasteiger partial charge in [-0.25, -0.2) is 0 Å². The van der Waals surface area contributed by atoms with E-state index in [4.69, 9.17) is 19.2 Å². The van der Waals surface area contributed by atoms with Gasteiger partial charge < -0.3 is 19.3 Å². The molecule has 40 heavy (non-hydrogen) atoms. The molecular formula is C32H44N2O6. The van der Waals surface area contributed by atoms with Gasteiger partial charge in [-0.15, -0.1) is 0 Å². The highest BCUT2D eigenvalue weighted by atomic mass is 17.2. The zero-order chi connectivity index (χ0) is 28.5. The summed E-state index contributed by atoms with van der Waals surface area (Å²) in [6.07, 6.45) is 5.99. The fourth-order valence-corrected chi connectivity index (χ4v) is 5.91. The van der Waals surface area contributed by atoms with Gasteiger partial charge in [0, 0.05) is 42.1 Å². The summed E-state index contributed by atoms with van der Waals surface area (Å²) in [4.78, 5) is 42.7. The smallest absolute Gasteiger partial charge is 0.220 e. The van der Waals surface area contributed by atoms with Crippen LogP contribution in [0.25, 0.3) is 0 Å². The minimum Gasteiger partial charge on any atom is -0.497 e. The molecule has 0 aliphatic carbocycles. The summed E-state index contributed by atoms with van der Waals surface area (Å²) in [5, 5.41) is 0. The van der Waals surface area contributed by atoms with Gasteiger partial charge in [-0.2, -0.15) is 0 Å². The quantitative estimate of drug-likeness (QED) is 0.178. The van der Waals surface area contributed by atoms with E-state index in [1.54, 1.807) is 43.5 Å². The summed E-state index contributed by atoms with van der Waals surface area (Å²) in [5.74, 6) is 1.77. The molecule has 2 heterocycles. The van der Waals surface area contributed by atoms with E-state index >= 15 is 0 Å². The molecule has 2 aliphatic heterocycles. The Labute approximate surface area is 238 Å². The number of Topliss-reactive ketones (excluding diaryl/α,β-unsaturated/α-hetero) is 2. The monoisotopic (exact) mass is 552 g/mol. The van der Waals surface area contributed by atoms with Crippen molar-refractivity contribution in [2.75, 3.05) is 53.5 Å². The summed E-state index contributed by atoms with van der Waals surface area (Å²) < 4.78 is 11.0. The number of methoxy groups -OCH3 is 2. The van der Waals surface area contributed by atoms with Crippen molar-refractivity contribution in [3.63, 3.8) is 0 Å². The molecule has 2 aromatic carbocycles. The predicted molar refractivity (Wildman–Crippen MR) is 155 cm³/mol. The van der Waals surface area contributed by atoms with Crippen LogP contribution in [0.1, 0.15) is 73.1 Å². The zero-order valence-electron chi connectivity index (χ0n) is 24.4. The van der Waals surface area contributed by atoms with Gasteiger partial charge in [0.25, 0.3) is 0 Å². The fraction of sp³-hybridized carbons (Fsp3) is 0.562. The van der Waals surface area contributed by atoms with Crippen molar-refractivity contribution in [2.45, 2.75) is 52.4 Å². The Bertz CT molecular complexity index is 1150. The highest BCUT2D eigenvalue weighted by Gasteiger charge is 2.28. The van der Waals surface area contributed by atoms with Gasteiger partial charge >= 0.3 is 0 Å². The Morgan fingerprint density at radius 2 is 1.32 bits per heavy atom. The maximum atomic E-state index is 13.4. The Balaban J connectivity index is 1.44. The molecule has 0 N–H and O–H groups in total. The molecule has 4 rings (SSSR count). The van der Waals surface area contributed by atoms with Crippen LogP contribution >= 0.6 is 0 Å². The molecule has 8 heteroatoms. The van der Waals surface area contributed by atoms with Gasteiger partial charge in [0.2, 0.25) is 5.75 Å². The third-order valence-corrected chi connectivity index (χ3v) is 7.91. The summed E-state index contributed by atoms with van der Waals surface area (Å²) in [7, 11) is 3.10. The largest absolute Gasteiger partial charge is 0.497 e. The number of benzene rings is 2. The van der Waals surface area contributed by atoms with Crippen LogP contribution in [-0.4, -0.2) is 74.9 Å². The van der Waals surface area contributed by atoms with Crippen LogP contribution in [0.2, 0.25) is 0 Å². The van der Waals surface area contributed by atoms with Gasteiger partial charge in [-0.1, -0.05) is 13.8 Å². The van der Waals surface area contributed by atoms with Crippen molar-refractivity contribution in [3.05, 3.63) is 47.5 Å². The fourth-order valence-electron chi connectivity index (χ4n) is 5.91. The number of piperidine rings is 2. The van der Waals surface area contributed by atoms with E-state index in [0.29, 0.717) is 34.1 Å². The summed E-state index contributed by atoms with van der Waals surface area (Å²) >= 11 is 0. The van der Waals surface area contributed by atoms with Gasteiger partial charge in [-0.3, -0.25) is 19.4 Å². The first-order valence-corrected chi connectivity index (χ1v) is 14.7. The first-order valence-electron chi connectivity index (χ1n) is 14.7. The zero-order valence-corrected chi connectivity index (χ0v) is 24.4. The number of hydrogen-bond donors (Lipinski definition) is 0. The van der Waals surface area contributed by atoms with E-state index in [0.717, 1.165) is 77.8 Å². The van der Waals surface area contributed by atoms with Gasteiger partial charge in [0.1, 0.15) is 5.75 Å². The molecule has 8 nitrogen and oxygen atoms in total. The lowest BCUT2D eigenvalue weighted by Crippen LogP contribution is -2.39. The molecular weight excluding hydrogens is 508 g/mol. The second-order valence-corrected chi connectivity index (χ2v) is 10.9. The number of carbonyl (C=O) groups excluding carboxylic acids is 2. The molecule has 2 atom stereocenters. The summed E-state index contributed by atoms with van der Waals surface area (Å²) in [5.41, 5.74) is 1.14. The van der Waals surface area contributed by atoms with Gasteiger partial charge in [-0.05, 0) is 95.0 Å². The standard InChI is InChI=1S/C32H44N2O6/c1-5-13-33-15-7-9-24(21-33)31(35)23-11-12-29(30(19-23)38-4)40-39-28-18-26(17-27(20-28)37-3)32(36)25-10-8-16-34(22-25)14-6-2/h11-12,17-20,24-25H,5-10,13-16,21-22H2,1-4H3. The molecule has 0 bridgehead atoms. The third-order valence-electron chi connectivity index (χ3n) is 7.91. The van der Waals surface area contributed by atoms with Crippen LogP contribution in [0.4, 0.5) is 0 Å². The maximum Gasteiger partial charge on any atom is 0.220 e. The molecule has 2 aliphatic rings. The van der Waals surface area contributed by atoms with E-state index in [-0.39, 0.29) is 23.4 Å². The number of likely N-dealkylation sites (tertiary alicyclic amines) is 2. The second-order valence-electron chi connectivity index (χ2n) is 10.9. The van der Waals surface area contributed by atoms with Crippen LogP contribution in [0.15, 0.2) is 36.4 Å². The number of ether oxygens (including phenoxy) is 2. The third kappa shape index (κ3) is 7.55. The van der Waals surface area contributed by atoms with E-state index in [9.17, 15) is 9.59 Å². The average molecular weight is 553 g/mol. The number of rotatable bonds is 13. The Kier molecular flexibility index (Phi) is 10.8. The predicted octanol–water partition coefficient (Wildman–Crippen LogP) is 5.69. The van der Waals surface area contributed by atoms with Crippen LogP contribution in [0, 0.1) is 11.8 Å². The number of carbonyl (C=O) groups is 2. The highest BCUT2D eigenvalue weighted by Crippen LogP contribution is 2.33. The lowest BCUT2D eigenvalue weighted by molar-refractivity contribution is -0.102. The van der Waals surface area contributed by atoms with Crippen LogP contribution in [-0.2, 0) is 0 Å². The van der Waals surface area contributed by atoms with Crippen molar-refractivity contribution in [2.24, 2.45) is 11.8 Å². The molecule has 0 saturated carbocycles. The van der Waals surface area contributed by atoms with Crippen molar-refractivity contribution < 1.29 is 28.8 Å². The summed E-state index contributed by atoms with van der Waals surface area (Å²) in [6.45, 7) is 10.0. The lowest BCUT2D eigenvalue weighted by Gasteiger charge is -2.31. The normalized spacial score (nSPS) is 20.1. The molecule has 2 unspecified atom stereocenters. The van der Waals surface area contributed by atoms with Crippen molar-refractivity contribution in [1.82, 2.24) is 9.80 Å². The van der Waals surface area contributed by atoms with Crippen molar-refractivity contribution in [3.8, 4) is 23.0 Å². The van der Waals surface area contributed by atoms with Gasteiger partial charge in [0.15, 0.2) is 23.1 Å². The number of hydrogen-bond acceptors (Lipinski definition) is 8. The van der Waals surface area contributed by atoms with E-state index < -0.39 is 0 Å². The molecule has 0 radical (unpaired) electrons. The van der Waals surface area contributed by atoms with Crippen LogP contribution in [0.5, 0.6) is 23.0 Å². The minimum atomic E-state index is -0.0513. The number of nitrogens with zero attached hydrogens (tertiary/aromatic N) is 2. The molecule has 0 spiro atoms. The molecule has 0 aromatic heterocycles. The molecule has 0 amide bonds. The second kappa shape index (κ2) is 14.5. The van der Waals surface area contributed by atoms with E-state index in [2.05, 4.69) is 23.6 Å². The van der Waals surface area contributed by atoms with Gasteiger partial charge in [0.05, 0.1) is 14.2 Å². The first kappa shape index (κ1) is 29.9. The minimum absolute atomic E-state index is 0.0148. The van der Waals surface area contributed by atoms with Crippen molar-refractivity contribution >= 4 is 11.6 Å². The van der Waals surface area contributed by atoms with E-state index in [1.165, 1.54) is 7.11 Å². The molecule has 2 aromatic rings. The molecule has 2 fully saturated rings. The van der Waals surface area contributed by atoms with Crippen LogP contribution < -0.4 is 19.2 Å². The van der Waals surface area contributed by atoms with Crippen LogP contribution in [0.3, 0.4) is 0 Å².